The number of carbonyl (C=O) groups is 1. The highest BCUT2D eigenvalue weighted by atomic mass is 16.5. The molecule has 2 unspecified atom stereocenters. The van der Waals surface area contributed by atoms with Crippen LogP contribution in [0.2, 0.25) is 0 Å². The normalized spacial score (nSPS) is 28.1. The first-order valence-corrected chi connectivity index (χ1v) is 9.01. The molecule has 1 aromatic heterocycles. The fourth-order valence-electron chi connectivity index (χ4n) is 4.28. The molecule has 3 fully saturated rings. The van der Waals surface area contributed by atoms with Gasteiger partial charge in [-0.25, -0.2) is 4.79 Å². The molecule has 2 bridgehead atoms. The quantitative estimate of drug-likeness (QED) is 0.858. The number of carbonyl (C=O) groups excluding carboxylic acids is 1. The van der Waals surface area contributed by atoms with Crippen molar-refractivity contribution in [2.75, 3.05) is 13.1 Å². The zero-order chi connectivity index (χ0) is 15.6. The maximum absolute atomic E-state index is 13.2. The average molecular weight is 318 g/mol. The Labute approximate surface area is 137 Å². The first-order chi connectivity index (χ1) is 11.3. The molecular weight excluding hydrogens is 292 g/mol. The molecule has 1 saturated carbocycles. The highest BCUT2D eigenvalue weighted by molar-refractivity contribution is 5.75. The monoisotopic (exact) mass is 318 g/mol. The van der Waals surface area contributed by atoms with Gasteiger partial charge in [-0.05, 0) is 31.7 Å². The summed E-state index contributed by atoms with van der Waals surface area (Å²) in [4.78, 5) is 17.3. The van der Waals surface area contributed by atoms with E-state index in [4.69, 9.17) is 9.15 Å². The van der Waals surface area contributed by atoms with Gasteiger partial charge in [0.2, 0.25) is 0 Å². The van der Waals surface area contributed by atoms with Crippen molar-refractivity contribution in [3.8, 4) is 0 Å². The summed E-state index contributed by atoms with van der Waals surface area (Å²) in [6.07, 6.45) is 12.1. The third kappa shape index (κ3) is 3.25. The second kappa shape index (κ2) is 6.56. The standard InChI is InChI=1S/C18H26N2O3/c21-18(19-11-16-6-7-17(12-19)23-16)20(10-14-8-9-22-13-14)15-4-2-1-3-5-15/h8-9,13,15-17H,1-7,10-12H2. The number of morpholine rings is 1. The molecule has 126 valence electrons. The Balaban J connectivity index is 1.50. The van der Waals surface area contributed by atoms with Crippen LogP contribution in [-0.4, -0.2) is 47.2 Å². The van der Waals surface area contributed by atoms with Gasteiger partial charge in [-0.3, -0.25) is 0 Å². The number of hydrogen-bond donors (Lipinski definition) is 0. The van der Waals surface area contributed by atoms with Crippen LogP contribution in [0.5, 0.6) is 0 Å². The zero-order valence-electron chi connectivity index (χ0n) is 13.7. The first-order valence-electron chi connectivity index (χ1n) is 9.01. The maximum atomic E-state index is 13.2. The Hall–Kier alpha value is -1.49. The molecule has 0 spiro atoms. The van der Waals surface area contributed by atoms with Crippen LogP contribution >= 0.6 is 0 Å². The lowest BCUT2D eigenvalue weighted by Gasteiger charge is -2.40. The van der Waals surface area contributed by atoms with E-state index in [1.165, 1.54) is 19.3 Å². The maximum Gasteiger partial charge on any atom is 0.320 e. The molecule has 2 saturated heterocycles. The smallest absolute Gasteiger partial charge is 0.320 e. The summed E-state index contributed by atoms with van der Waals surface area (Å²) in [5.74, 6) is 0. The van der Waals surface area contributed by atoms with Crippen molar-refractivity contribution in [2.24, 2.45) is 0 Å². The van der Waals surface area contributed by atoms with Crippen LogP contribution in [0.1, 0.15) is 50.5 Å². The Bertz CT molecular complexity index is 512. The van der Waals surface area contributed by atoms with Gasteiger partial charge in [0.1, 0.15) is 0 Å². The number of likely N-dealkylation sites (tertiary alicyclic amines) is 1. The molecule has 23 heavy (non-hydrogen) atoms. The molecule has 0 N–H and O–H groups in total. The van der Waals surface area contributed by atoms with Gasteiger partial charge in [0, 0.05) is 24.7 Å². The Morgan fingerprint density at radius 2 is 1.87 bits per heavy atom. The van der Waals surface area contributed by atoms with Crippen LogP contribution in [0.3, 0.4) is 0 Å². The van der Waals surface area contributed by atoms with E-state index in [-0.39, 0.29) is 18.2 Å². The molecule has 3 heterocycles. The summed E-state index contributed by atoms with van der Waals surface area (Å²) in [5, 5.41) is 0. The molecule has 1 aromatic rings. The highest BCUT2D eigenvalue weighted by Crippen LogP contribution is 2.29. The number of fused-ring (bicyclic) bond motifs is 2. The first kappa shape index (κ1) is 15.1. The largest absolute Gasteiger partial charge is 0.472 e. The summed E-state index contributed by atoms with van der Waals surface area (Å²) in [6.45, 7) is 2.17. The molecular formula is C18H26N2O3. The summed E-state index contributed by atoms with van der Waals surface area (Å²) in [7, 11) is 0. The van der Waals surface area contributed by atoms with E-state index in [1.807, 2.05) is 11.0 Å². The van der Waals surface area contributed by atoms with Crippen LogP contribution in [0.4, 0.5) is 4.79 Å². The molecule has 5 heteroatoms. The van der Waals surface area contributed by atoms with Gasteiger partial charge < -0.3 is 19.0 Å². The third-order valence-corrected chi connectivity index (χ3v) is 5.51. The van der Waals surface area contributed by atoms with Crippen LogP contribution in [0.15, 0.2) is 23.0 Å². The van der Waals surface area contributed by atoms with E-state index in [1.54, 1.807) is 12.5 Å². The average Bonchev–Trinajstić information content (AvgIpc) is 3.22. The van der Waals surface area contributed by atoms with E-state index in [2.05, 4.69) is 4.90 Å². The fourth-order valence-corrected chi connectivity index (χ4v) is 4.28. The third-order valence-electron chi connectivity index (χ3n) is 5.51. The molecule has 0 radical (unpaired) electrons. The van der Waals surface area contributed by atoms with Gasteiger partial charge in [0.15, 0.2) is 0 Å². The van der Waals surface area contributed by atoms with Gasteiger partial charge in [0.25, 0.3) is 0 Å². The van der Waals surface area contributed by atoms with E-state index in [0.29, 0.717) is 12.6 Å². The number of furan rings is 1. The molecule has 0 aromatic carbocycles. The van der Waals surface area contributed by atoms with Gasteiger partial charge in [0.05, 0.1) is 31.3 Å². The second-order valence-corrected chi connectivity index (χ2v) is 7.20. The Morgan fingerprint density at radius 3 is 2.52 bits per heavy atom. The predicted molar refractivity (Wildman–Crippen MR) is 86.0 cm³/mol. The minimum atomic E-state index is 0.193. The number of ether oxygens (including phenoxy) is 1. The fraction of sp³-hybridized carbons (Fsp3) is 0.722. The molecule has 5 nitrogen and oxygen atoms in total. The number of nitrogens with zero attached hydrogens (tertiary/aromatic N) is 2. The number of urea groups is 1. The van der Waals surface area contributed by atoms with E-state index in [0.717, 1.165) is 44.3 Å². The molecule has 1 aliphatic carbocycles. The Kier molecular flexibility index (Phi) is 4.29. The topological polar surface area (TPSA) is 45.9 Å². The van der Waals surface area contributed by atoms with Gasteiger partial charge in [-0.15, -0.1) is 0 Å². The highest BCUT2D eigenvalue weighted by Gasteiger charge is 2.38. The van der Waals surface area contributed by atoms with Crippen molar-refractivity contribution in [1.29, 1.82) is 0 Å². The van der Waals surface area contributed by atoms with Crippen LogP contribution < -0.4 is 0 Å². The Morgan fingerprint density at radius 1 is 1.13 bits per heavy atom. The SMILES string of the molecule is O=C(N1CC2CCC(C1)O2)N(Cc1ccoc1)C1CCCCC1. The van der Waals surface area contributed by atoms with Crippen molar-refractivity contribution in [3.63, 3.8) is 0 Å². The van der Waals surface area contributed by atoms with Crippen molar-refractivity contribution in [1.82, 2.24) is 9.80 Å². The van der Waals surface area contributed by atoms with Crippen LogP contribution in [-0.2, 0) is 11.3 Å². The summed E-state index contributed by atoms with van der Waals surface area (Å²) >= 11 is 0. The van der Waals surface area contributed by atoms with Gasteiger partial charge >= 0.3 is 6.03 Å². The lowest BCUT2D eigenvalue weighted by molar-refractivity contribution is -0.0313. The minimum Gasteiger partial charge on any atom is -0.472 e. The van der Waals surface area contributed by atoms with Crippen LogP contribution in [0, 0.1) is 0 Å². The summed E-state index contributed by atoms with van der Waals surface area (Å²) in [5.41, 5.74) is 1.08. The van der Waals surface area contributed by atoms with Crippen molar-refractivity contribution < 1.29 is 13.9 Å². The minimum absolute atomic E-state index is 0.193. The lowest BCUT2D eigenvalue weighted by Crippen LogP contribution is -2.53. The number of hydrogen-bond acceptors (Lipinski definition) is 3. The van der Waals surface area contributed by atoms with E-state index < -0.39 is 0 Å². The van der Waals surface area contributed by atoms with Crippen LogP contribution in [0.25, 0.3) is 0 Å². The predicted octanol–water partition coefficient (Wildman–Crippen LogP) is 3.40. The van der Waals surface area contributed by atoms with E-state index in [9.17, 15) is 4.79 Å². The van der Waals surface area contributed by atoms with Crippen molar-refractivity contribution in [2.45, 2.75) is 69.7 Å². The molecule has 3 aliphatic rings. The molecule has 4 rings (SSSR count). The van der Waals surface area contributed by atoms with Gasteiger partial charge in [-0.2, -0.15) is 0 Å². The number of rotatable bonds is 3. The van der Waals surface area contributed by atoms with Crippen molar-refractivity contribution in [3.05, 3.63) is 24.2 Å². The molecule has 2 atom stereocenters. The van der Waals surface area contributed by atoms with E-state index >= 15 is 0 Å². The number of amides is 2. The second-order valence-electron chi connectivity index (χ2n) is 7.20. The lowest BCUT2D eigenvalue weighted by atomic mass is 9.94. The molecule has 2 aliphatic heterocycles. The zero-order valence-corrected chi connectivity index (χ0v) is 13.7. The summed E-state index contributed by atoms with van der Waals surface area (Å²) < 4.78 is 11.1. The summed E-state index contributed by atoms with van der Waals surface area (Å²) in [6, 6.07) is 2.52. The van der Waals surface area contributed by atoms with Gasteiger partial charge in [-0.1, -0.05) is 19.3 Å². The molecule has 2 amide bonds. The van der Waals surface area contributed by atoms with Crippen molar-refractivity contribution >= 4 is 6.03 Å².